The van der Waals surface area contributed by atoms with Gasteiger partial charge in [-0.3, -0.25) is 9.59 Å². The molecule has 0 aromatic heterocycles. The zero-order valence-corrected chi connectivity index (χ0v) is 18.1. The topological polar surface area (TPSA) is 54.5 Å². The van der Waals surface area contributed by atoms with Crippen molar-refractivity contribution in [3.63, 3.8) is 0 Å². The third kappa shape index (κ3) is 2.42. The molecule has 4 nitrogen and oxygen atoms in total. The zero-order chi connectivity index (χ0) is 24.0. The molecule has 1 aliphatic heterocycles. The summed E-state index contributed by atoms with van der Waals surface area (Å²) in [7, 11) is 0. The number of imide groups is 1. The second kappa shape index (κ2) is 6.79. The van der Waals surface area contributed by atoms with Crippen molar-refractivity contribution < 1.29 is 27.6 Å². The molecule has 2 atom stereocenters. The molecule has 4 aliphatic rings. The molecule has 170 valence electrons. The Hall–Kier alpha value is -3.45. The zero-order valence-electron chi connectivity index (χ0n) is 17.3. The molecule has 1 fully saturated rings. The van der Waals surface area contributed by atoms with E-state index >= 15 is 0 Å². The van der Waals surface area contributed by atoms with Crippen LogP contribution < -0.4 is 4.90 Å². The quantitative estimate of drug-likeness (QED) is 0.377. The van der Waals surface area contributed by atoms with E-state index < -0.39 is 46.7 Å². The molecule has 7 rings (SSSR count). The fourth-order valence-electron chi connectivity index (χ4n) is 6.13. The van der Waals surface area contributed by atoms with Crippen molar-refractivity contribution in [3.8, 4) is 0 Å². The molecule has 0 N–H and O–H groups in total. The molecular formula is C26H15ClF3NO3. The number of aldehydes is 1. The highest BCUT2D eigenvalue weighted by Crippen LogP contribution is 2.63. The van der Waals surface area contributed by atoms with E-state index in [1.807, 2.05) is 12.1 Å². The minimum atomic E-state index is -4.69. The van der Waals surface area contributed by atoms with E-state index in [1.54, 1.807) is 36.4 Å². The van der Waals surface area contributed by atoms with Gasteiger partial charge in [-0.25, -0.2) is 4.90 Å². The third-order valence-electron chi connectivity index (χ3n) is 7.38. The Kier molecular flexibility index (Phi) is 4.22. The standard InChI is InChI=1S/C26H15ClF3NO3/c27-18-10-9-13(26(28,29)30)11-19(18)31-23(33)21-20-14-5-1-3-7-16(14)25(12-32,22(21)24(31)34)17-8-4-2-6-15(17)20/h1-12,20-22H/t20?,21-,22+,25?/m1/s1. The van der Waals surface area contributed by atoms with Gasteiger partial charge in [0.25, 0.3) is 0 Å². The number of rotatable bonds is 2. The maximum atomic E-state index is 13.8. The number of carbonyl (C=O) groups is 3. The van der Waals surface area contributed by atoms with Crippen molar-refractivity contribution >= 4 is 35.4 Å². The van der Waals surface area contributed by atoms with Crippen LogP contribution in [0.4, 0.5) is 18.9 Å². The number of benzene rings is 3. The summed E-state index contributed by atoms with van der Waals surface area (Å²) in [5.74, 6) is -3.91. The van der Waals surface area contributed by atoms with Crippen molar-refractivity contribution in [1.82, 2.24) is 0 Å². The van der Waals surface area contributed by atoms with Gasteiger partial charge in [-0.15, -0.1) is 0 Å². The summed E-state index contributed by atoms with van der Waals surface area (Å²) in [5.41, 5.74) is 0.0559. The smallest absolute Gasteiger partial charge is 0.302 e. The van der Waals surface area contributed by atoms with Crippen LogP contribution in [-0.2, 0) is 26.0 Å². The average Bonchev–Trinajstić information content (AvgIpc) is 3.09. The fraction of sp³-hybridized carbons (Fsp3) is 0.192. The van der Waals surface area contributed by atoms with E-state index in [0.29, 0.717) is 23.5 Å². The van der Waals surface area contributed by atoms with Gasteiger partial charge in [0.05, 0.1) is 33.5 Å². The van der Waals surface area contributed by atoms with Crippen molar-refractivity contribution in [3.05, 3.63) is 99.6 Å². The first-order valence-corrected chi connectivity index (χ1v) is 11.0. The van der Waals surface area contributed by atoms with E-state index in [-0.39, 0.29) is 10.7 Å². The van der Waals surface area contributed by atoms with Crippen LogP contribution in [0.3, 0.4) is 0 Å². The largest absolute Gasteiger partial charge is 0.416 e. The van der Waals surface area contributed by atoms with Crippen LogP contribution >= 0.6 is 11.6 Å². The molecule has 0 spiro atoms. The number of anilines is 1. The molecule has 1 saturated heterocycles. The molecule has 0 unspecified atom stereocenters. The van der Waals surface area contributed by atoms with Crippen LogP contribution in [-0.4, -0.2) is 18.1 Å². The monoisotopic (exact) mass is 481 g/mol. The van der Waals surface area contributed by atoms with Crippen molar-refractivity contribution in [1.29, 1.82) is 0 Å². The lowest BCUT2D eigenvalue weighted by atomic mass is 9.48. The predicted molar refractivity (Wildman–Crippen MR) is 117 cm³/mol. The van der Waals surface area contributed by atoms with Gasteiger partial charge in [0.1, 0.15) is 6.29 Å². The summed E-state index contributed by atoms with van der Waals surface area (Å²) in [4.78, 5) is 41.3. The number of nitrogens with zero attached hydrogens (tertiary/aromatic N) is 1. The second-order valence-corrected chi connectivity index (χ2v) is 9.23. The molecule has 0 saturated carbocycles. The average molecular weight is 482 g/mol. The highest BCUT2D eigenvalue weighted by molar-refractivity contribution is 6.36. The first-order valence-electron chi connectivity index (χ1n) is 10.6. The minimum absolute atomic E-state index is 0.157. The molecule has 34 heavy (non-hydrogen) atoms. The third-order valence-corrected chi connectivity index (χ3v) is 7.70. The van der Waals surface area contributed by atoms with Gasteiger partial charge in [-0.2, -0.15) is 13.2 Å². The van der Waals surface area contributed by atoms with Gasteiger partial charge < -0.3 is 4.79 Å². The van der Waals surface area contributed by atoms with E-state index in [4.69, 9.17) is 11.6 Å². The van der Waals surface area contributed by atoms with Crippen LogP contribution in [0.5, 0.6) is 0 Å². The molecule has 3 aliphatic carbocycles. The van der Waals surface area contributed by atoms with Gasteiger partial charge >= 0.3 is 6.18 Å². The first-order chi connectivity index (χ1) is 16.2. The van der Waals surface area contributed by atoms with Crippen LogP contribution in [0.1, 0.15) is 33.7 Å². The Morgan fingerprint density at radius 2 is 1.47 bits per heavy atom. The van der Waals surface area contributed by atoms with E-state index in [2.05, 4.69) is 0 Å². The van der Waals surface area contributed by atoms with Gasteiger partial charge in [0.2, 0.25) is 11.8 Å². The van der Waals surface area contributed by atoms with E-state index in [9.17, 15) is 27.6 Å². The summed E-state index contributed by atoms with van der Waals surface area (Å²) in [5, 5.41) is -0.157. The molecule has 3 aromatic rings. The Balaban J connectivity index is 1.61. The summed E-state index contributed by atoms with van der Waals surface area (Å²) in [6.45, 7) is 0. The summed E-state index contributed by atoms with van der Waals surface area (Å²) >= 11 is 6.21. The molecular weight excluding hydrogens is 467 g/mol. The van der Waals surface area contributed by atoms with Crippen LogP contribution in [0.25, 0.3) is 0 Å². The molecule has 2 bridgehead atoms. The van der Waals surface area contributed by atoms with E-state index in [0.717, 1.165) is 28.2 Å². The number of hydrogen-bond acceptors (Lipinski definition) is 3. The Bertz CT molecular complexity index is 1370. The predicted octanol–water partition coefficient (Wildman–Crippen LogP) is 5.11. The molecule has 3 aromatic carbocycles. The van der Waals surface area contributed by atoms with Crippen LogP contribution in [0, 0.1) is 11.8 Å². The SMILES string of the molecule is O=CC12c3ccccc3C(c3ccccc31)[C@H]1C(=O)N(c3cc(C(F)(F)F)ccc3Cl)C(=O)[C@H]12. The van der Waals surface area contributed by atoms with Gasteiger partial charge in [-0.1, -0.05) is 60.1 Å². The van der Waals surface area contributed by atoms with E-state index in [1.165, 1.54) is 0 Å². The molecule has 0 radical (unpaired) electrons. The maximum Gasteiger partial charge on any atom is 0.416 e. The van der Waals surface area contributed by atoms with Gasteiger partial charge in [0, 0.05) is 5.92 Å². The number of halogens is 4. The van der Waals surface area contributed by atoms with Gasteiger partial charge in [0.15, 0.2) is 0 Å². The lowest BCUT2D eigenvalue weighted by Gasteiger charge is -2.51. The summed E-state index contributed by atoms with van der Waals surface area (Å²) < 4.78 is 40.2. The Labute approximate surface area is 196 Å². The number of hydrogen-bond donors (Lipinski definition) is 0. The summed E-state index contributed by atoms with van der Waals surface area (Å²) in [6.07, 6.45) is -3.98. The minimum Gasteiger partial charge on any atom is -0.302 e. The Morgan fingerprint density at radius 3 is 2.03 bits per heavy atom. The van der Waals surface area contributed by atoms with Gasteiger partial charge in [-0.05, 0) is 40.5 Å². The molecule has 1 heterocycles. The highest BCUT2D eigenvalue weighted by Gasteiger charge is 2.68. The first kappa shape index (κ1) is 21.1. The van der Waals surface area contributed by atoms with Crippen molar-refractivity contribution in [2.45, 2.75) is 17.5 Å². The van der Waals surface area contributed by atoms with Crippen molar-refractivity contribution in [2.75, 3.05) is 4.90 Å². The highest BCUT2D eigenvalue weighted by atomic mass is 35.5. The fourth-order valence-corrected chi connectivity index (χ4v) is 6.33. The number of carbonyl (C=O) groups excluding carboxylic acids is 3. The molecule has 8 heteroatoms. The molecule has 2 amide bonds. The second-order valence-electron chi connectivity index (χ2n) is 8.82. The lowest BCUT2D eigenvalue weighted by molar-refractivity contribution is -0.137. The lowest BCUT2D eigenvalue weighted by Crippen LogP contribution is -2.54. The normalized spacial score (nSPS) is 26.8. The van der Waals surface area contributed by atoms with Crippen LogP contribution in [0.2, 0.25) is 5.02 Å². The van der Waals surface area contributed by atoms with Crippen molar-refractivity contribution in [2.24, 2.45) is 11.8 Å². The number of alkyl halides is 3. The summed E-state index contributed by atoms with van der Waals surface area (Å²) in [6, 6.07) is 16.9. The number of amides is 2. The Morgan fingerprint density at radius 1 is 0.882 bits per heavy atom. The maximum absolute atomic E-state index is 13.8. The van der Waals surface area contributed by atoms with Crippen LogP contribution in [0.15, 0.2) is 66.7 Å².